The van der Waals surface area contributed by atoms with Crippen molar-refractivity contribution in [2.75, 3.05) is 47.5 Å². The Bertz CT molecular complexity index is 1650. The summed E-state index contributed by atoms with van der Waals surface area (Å²) < 4.78 is 22.7. The maximum Gasteiger partial charge on any atom is 0.306 e. The maximum atomic E-state index is 12.9. The molecule has 0 heterocycles. The fourth-order valence-electron chi connectivity index (χ4n) is 9.26. The molecule has 0 aromatic heterocycles. The summed E-state index contributed by atoms with van der Waals surface area (Å²) in [5, 5.41) is 11.8. The normalized spacial score (nSPS) is 13.3. The molecule has 466 valence electrons. The first-order valence-corrected chi connectivity index (χ1v) is 33.4. The van der Waals surface area contributed by atoms with E-state index in [2.05, 4.69) is 111 Å². The molecule has 0 saturated carbocycles. The number of aliphatic carboxylic acids is 1. The van der Waals surface area contributed by atoms with Gasteiger partial charge in [-0.2, -0.15) is 0 Å². The third-order valence-corrected chi connectivity index (χ3v) is 14.3. The fraction of sp³-hybridized carbons (Fsp3) is 0.736. The summed E-state index contributed by atoms with van der Waals surface area (Å²) in [4.78, 5) is 37.4. The molecule has 9 heteroatoms. The van der Waals surface area contributed by atoms with Gasteiger partial charge in [0.25, 0.3) is 0 Å². The van der Waals surface area contributed by atoms with Gasteiger partial charge in [0.15, 0.2) is 12.4 Å². The zero-order chi connectivity index (χ0) is 59.1. The molecule has 81 heavy (non-hydrogen) atoms. The van der Waals surface area contributed by atoms with Crippen molar-refractivity contribution in [1.82, 2.24) is 0 Å². The lowest BCUT2D eigenvalue weighted by Gasteiger charge is -2.26. The Hall–Kier alpha value is -3.79. The van der Waals surface area contributed by atoms with Crippen molar-refractivity contribution >= 4 is 17.9 Å². The molecular formula is C72H125NO8. The Balaban J connectivity index is 4.22. The summed E-state index contributed by atoms with van der Waals surface area (Å²) >= 11 is 0. The molecule has 0 amide bonds. The number of carbonyl (C=O) groups is 3. The standard InChI is InChI=1S/C72H125NO8/c1-6-8-10-12-14-16-18-20-22-24-26-28-30-32-34-35-37-38-40-42-44-46-48-50-52-54-56-58-60-62-69(74)79-66-68(67-80-72(71(76)77)78-65-64-73(3,4)5)81-70(75)63-61-59-57-55-53-51-49-47-45-43-41-39-36-33-31-29-27-25-23-21-19-17-15-13-11-9-7-2/h9,11,15,17,21,23,27,29,33,36,41,43,47,49,53,55,68,72H,6-8,10,12-14,16,18-20,22,24-26,28,30-32,34-35,37-40,42,44-46,48,50-52,54,56-67H2,1-5H3/b11-9-,17-15-,23-21-,29-27-,36-33-,43-41-,49-47-,55-53-. The Morgan fingerprint density at radius 3 is 1.05 bits per heavy atom. The van der Waals surface area contributed by atoms with Crippen LogP contribution >= 0.6 is 0 Å². The van der Waals surface area contributed by atoms with E-state index in [4.69, 9.17) is 18.9 Å². The van der Waals surface area contributed by atoms with Gasteiger partial charge in [0.05, 0.1) is 40.3 Å². The molecule has 0 N–H and O–H groups in total. The number of hydrogen-bond acceptors (Lipinski definition) is 8. The number of allylic oxidation sites excluding steroid dienone is 16. The van der Waals surface area contributed by atoms with Crippen molar-refractivity contribution in [2.45, 2.75) is 296 Å². The van der Waals surface area contributed by atoms with E-state index >= 15 is 0 Å². The summed E-state index contributed by atoms with van der Waals surface area (Å²) in [6.45, 7) is 4.61. The Labute approximate surface area is 499 Å². The third-order valence-electron chi connectivity index (χ3n) is 14.3. The lowest BCUT2D eigenvalue weighted by atomic mass is 10.0. The highest BCUT2D eigenvalue weighted by Gasteiger charge is 2.22. The molecule has 0 spiro atoms. The number of carboxylic acids is 1. The molecule has 0 aliphatic heterocycles. The van der Waals surface area contributed by atoms with Crippen LogP contribution in [-0.4, -0.2) is 82.3 Å². The van der Waals surface area contributed by atoms with Crippen LogP contribution in [0.4, 0.5) is 0 Å². The highest BCUT2D eigenvalue weighted by atomic mass is 16.7. The second-order valence-electron chi connectivity index (χ2n) is 23.4. The first-order valence-electron chi connectivity index (χ1n) is 33.4. The predicted molar refractivity (Wildman–Crippen MR) is 343 cm³/mol. The topological polar surface area (TPSA) is 111 Å². The van der Waals surface area contributed by atoms with E-state index in [1.165, 1.54) is 167 Å². The van der Waals surface area contributed by atoms with Crippen LogP contribution in [0.3, 0.4) is 0 Å². The van der Waals surface area contributed by atoms with Gasteiger partial charge in [-0.15, -0.1) is 0 Å². The number of carboxylic acid groups (broad SMARTS) is 1. The first kappa shape index (κ1) is 77.2. The van der Waals surface area contributed by atoms with Crippen LogP contribution in [0.5, 0.6) is 0 Å². The number of esters is 2. The maximum absolute atomic E-state index is 12.9. The van der Waals surface area contributed by atoms with Crippen LogP contribution in [0.1, 0.15) is 284 Å². The van der Waals surface area contributed by atoms with Crippen molar-refractivity contribution in [3.8, 4) is 0 Å². The quantitative estimate of drug-likeness (QED) is 0.0195. The third kappa shape index (κ3) is 63.6. The Morgan fingerprint density at radius 2 is 0.704 bits per heavy atom. The highest BCUT2D eigenvalue weighted by molar-refractivity contribution is 5.70. The summed E-state index contributed by atoms with van der Waals surface area (Å²) in [6.07, 6.45) is 82.1. The van der Waals surface area contributed by atoms with Crippen LogP contribution in [-0.2, 0) is 33.3 Å². The number of quaternary nitrogens is 1. The van der Waals surface area contributed by atoms with E-state index in [9.17, 15) is 19.5 Å². The minimum Gasteiger partial charge on any atom is -0.545 e. The number of unbranched alkanes of at least 4 members (excludes halogenated alkanes) is 30. The van der Waals surface area contributed by atoms with E-state index in [1.807, 2.05) is 21.1 Å². The zero-order valence-electron chi connectivity index (χ0n) is 53.1. The monoisotopic (exact) mass is 1130 g/mol. The van der Waals surface area contributed by atoms with Crippen LogP contribution in [0.15, 0.2) is 97.2 Å². The summed E-state index contributed by atoms with van der Waals surface area (Å²) in [5.41, 5.74) is 0. The molecule has 9 nitrogen and oxygen atoms in total. The van der Waals surface area contributed by atoms with Gasteiger partial charge in [0, 0.05) is 12.8 Å². The molecule has 0 rings (SSSR count). The molecule has 0 saturated heterocycles. The van der Waals surface area contributed by atoms with E-state index in [0.717, 1.165) is 83.5 Å². The largest absolute Gasteiger partial charge is 0.545 e. The second-order valence-corrected chi connectivity index (χ2v) is 23.4. The zero-order valence-corrected chi connectivity index (χ0v) is 53.1. The van der Waals surface area contributed by atoms with Gasteiger partial charge in [0.1, 0.15) is 13.2 Å². The first-order chi connectivity index (χ1) is 39.6. The molecule has 0 aromatic carbocycles. The minimum absolute atomic E-state index is 0.135. The molecule has 0 aromatic rings. The molecule has 2 atom stereocenters. The molecule has 2 unspecified atom stereocenters. The SMILES string of the molecule is CC/C=C\C/C=C\C/C=C\C/C=C\C/C=C\C/C=C\C/C=C\C/C=C\CCCCC(=O)OC(COC(=O)CCCCCCCCCCCCCCCCCCCCCCCCCCCCCCC)COC(OCC[N+](C)(C)C)C(=O)[O-]. The van der Waals surface area contributed by atoms with Gasteiger partial charge < -0.3 is 33.3 Å². The smallest absolute Gasteiger partial charge is 0.306 e. The number of carbonyl (C=O) groups excluding carboxylic acids is 3. The van der Waals surface area contributed by atoms with Crippen LogP contribution < -0.4 is 5.11 Å². The van der Waals surface area contributed by atoms with Gasteiger partial charge in [-0.05, 0) is 77.0 Å². The van der Waals surface area contributed by atoms with E-state index in [-0.39, 0.29) is 38.6 Å². The van der Waals surface area contributed by atoms with Crippen LogP contribution in [0.2, 0.25) is 0 Å². The number of nitrogens with zero attached hydrogens (tertiary/aromatic N) is 1. The molecule has 0 aliphatic rings. The Kier molecular flexibility index (Phi) is 59.3. The molecule has 0 radical (unpaired) electrons. The van der Waals surface area contributed by atoms with Gasteiger partial charge in [0.2, 0.25) is 0 Å². The molecular weight excluding hydrogens is 1010 g/mol. The molecule has 0 bridgehead atoms. The van der Waals surface area contributed by atoms with E-state index in [0.29, 0.717) is 17.4 Å². The second kappa shape index (κ2) is 62.3. The number of likely N-dealkylation sites (N-methyl/N-ethyl adjacent to an activating group) is 1. The van der Waals surface area contributed by atoms with Gasteiger partial charge in [-0.25, -0.2) is 0 Å². The Morgan fingerprint density at radius 1 is 0.383 bits per heavy atom. The highest BCUT2D eigenvalue weighted by Crippen LogP contribution is 2.17. The fourth-order valence-corrected chi connectivity index (χ4v) is 9.26. The summed E-state index contributed by atoms with van der Waals surface area (Å²) in [5.74, 6) is -2.34. The van der Waals surface area contributed by atoms with Crippen molar-refractivity contribution < 1.29 is 42.9 Å². The van der Waals surface area contributed by atoms with E-state index < -0.39 is 24.3 Å². The number of ether oxygens (including phenoxy) is 4. The lowest BCUT2D eigenvalue weighted by Crippen LogP contribution is -2.44. The van der Waals surface area contributed by atoms with Crippen molar-refractivity contribution in [3.05, 3.63) is 97.2 Å². The van der Waals surface area contributed by atoms with Crippen LogP contribution in [0.25, 0.3) is 0 Å². The lowest BCUT2D eigenvalue weighted by molar-refractivity contribution is -0.870. The summed E-state index contributed by atoms with van der Waals surface area (Å²) in [7, 11) is 5.91. The number of hydrogen-bond donors (Lipinski definition) is 0. The predicted octanol–water partition coefficient (Wildman–Crippen LogP) is 19.1. The average molecular weight is 1130 g/mol. The summed E-state index contributed by atoms with van der Waals surface area (Å²) in [6, 6.07) is 0. The van der Waals surface area contributed by atoms with E-state index in [1.54, 1.807) is 0 Å². The van der Waals surface area contributed by atoms with Crippen molar-refractivity contribution in [2.24, 2.45) is 0 Å². The molecule has 0 fully saturated rings. The number of rotatable bonds is 61. The minimum atomic E-state index is -1.64. The van der Waals surface area contributed by atoms with Gasteiger partial charge in [-0.3, -0.25) is 9.59 Å². The van der Waals surface area contributed by atoms with Crippen molar-refractivity contribution in [3.63, 3.8) is 0 Å². The molecule has 0 aliphatic carbocycles. The van der Waals surface area contributed by atoms with Gasteiger partial charge >= 0.3 is 11.9 Å². The average Bonchev–Trinajstić information content (AvgIpc) is 3.44. The van der Waals surface area contributed by atoms with Crippen molar-refractivity contribution in [1.29, 1.82) is 0 Å². The van der Waals surface area contributed by atoms with Crippen LogP contribution in [0, 0.1) is 0 Å². The van der Waals surface area contributed by atoms with Gasteiger partial charge in [-0.1, -0.05) is 291 Å².